The highest BCUT2D eigenvalue weighted by molar-refractivity contribution is 7.99. The molecule has 1 aromatic heterocycles. The van der Waals surface area contributed by atoms with Gasteiger partial charge in [0.25, 0.3) is 0 Å². The lowest BCUT2D eigenvalue weighted by Gasteiger charge is -2.18. The largest absolute Gasteiger partial charge is 0.343 e. The third-order valence-electron chi connectivity index (χ3n) is 3.84. The van der Waals surface area contributed by atoms with Gasteiger partial charge in [-0.05, 0) is 50.5 Å². The van der Waals surface area contributed by atoms with Gasteiger partial charge in [0, 0.05) is 18.5 Å². The minimum Gasteiger partial charge on any atom is -0.343 e. The first kappa shape index (κ1) is 16.8. The number of hydrogen-bond acceptors (Lipinski definition) is 3. The summed E-state index contributed by atoms with van der Waals surface area (Å²) in [7, 11) is 0. The zero-order valence-electron chi connectivity index (χ0n) is 13.8. The predicted molar refractivity (Wildman–Crippen MR) is 94.5 cm³/mol. The van der Waals surface area contributed by atoms with E-state index in [4.69, 9.17) is 4.98 Å². The second kappa shape index (κ2) is 7.63. The zero-order valence-corrected chi connectivity index (χ0v) is 14.7. The predicted octanol–water partition coefficient (Wildman–Crippen LogP) is 4.07. The van der Waals surface area contributed by atoms with E-state index in [2.05, 4.69) is 38.1 Å². The van der Waals surface area contributed by atoms with Crippen molar-refractivity contribution in [2.75, 3.05) is 18.8 Å². The Bertz CT molecular complexity index is 665. The van der Waals surface area contributed by atoms with Gasteiger partial charge in [0.2, 0.25) is 5.91 Å². The number of fused-ring (bicyclic) bond motifs is 1. The van der Waals surface area contributed by atoms with Crippen LogP contribution in [0.2, 0.25) is 0 Å². The molecule has 118 valence electrons. The van der Waals surface area contributed by atoms with Crippen molar-refractivity contribution in [2.24, 2.45) is 0 Å². The van der Waals surface area contributed by atoms with E-state index in [0.29, 0.717) is 5.75 Å². The molecule has 0 radical (unpaired) electrons. The summed E-state index contributed by atoms with van der Waals surface area (Å²) in [5.41, 5.74) is 3.43. The Morgan fingerprint density at radius 3 is 2.55 bits per heavy atom. The van der Waals surface area contributed by atoms with E-state index >= 15 is 0 Å². The number of aryl methyl sites for hydroxylation is 2. The van der Waals surface area contributed by atoms with E-state index in [1.165, 1.54) is 16.5 Å². The van der Waals surface area contributed by atoms with Gasteiger partial charge < -0.3 is 4.90 Å². The van der Waals surface area contributed by atoms with E-state index in [-0.39, 0.29) is 5.91 Å². The fourth-order valence-corrected chi connectivity index (χ4v) is 3.47. The van der Waals surface area contributed by atoms with Crippen molar-refractivity contribution < 1.29 is 4.79 Å². The molecule has 1 aromatic carbocycles. The lowest BCUT2D eigenvalue weighted by atomic mass is 10.1. The van der Waals surface area contributed by atoms with Crippen LogP contribution in [0.3, 0.4) is 0 Å². The molecule has 0 atom stereocenters. The Morgan fingerprint density at radius 2 is 1.91 bits per heavy atom. The third-order valence-corrected chi connectivity index (χ3v) is 4.86. The normalized spacial score (nSPS) is 10.9. The Kier molecular flexibility index (Phi) is 5.83. The summed E-state index contributed by atoms with van der Waals surface area (Å²) in [4.78, 5) is 18.8. The summed E-state index contributed by atoms with van der Waals surface area (Å²) in [6.45, 7) is 9.77. The number of amides is 1. The number of rotatable bonds is 6. The fraction of sp³-hybridized carbons (Fsp3) is 0.444. The van der Waals surface area contributed by atoms with Crippen molar-refractivity contribution >= 4 is 28.6 Å². The number of carbonyl (C=O) groups excluding carboxylic acids is 1. The van der Waals surface area contributed by atoms with Gasteiger partial charge in [-0.1, -0.05) is 30.8 Å². The first-order valence-corrected chi connectivity index (χ1v) is 8.88. The van der Waals surface area contributed by atoms with Crippen LogP contribution < -0.4 is 0 Å². The van der Waals surface area contributed by atoms with Crippen molar-refractivity contribution in [3.05, 3.63) is 35.4 Å². The van der Waals surface area contributed by atoms with Crippen molar-refractivity contribution in [3.8, 4) is 0 Å². The Labute approximate surface area is 137 Å². The van der Waals surface area contributed by atoms with E-state index in [1.807, 2.05) is 18.7 Å². The Balaban J connectivity index is 2.24. The highest BCUT2D eigenvalue weighted by Gasteiger charge is 2.13. The maximum atomic E-state index is 12.2. The minimum absolute atomic E-state index is 0.184. The SMILES string of the molecule is CCc1cc2ccc(C)cc2nc1SCC(=O)N(CC)CC. The average molecular weight is 316 g/mol. The molecule has 0 saturated heterocycles. The number of carbonyl (C=O) groups is 1. The molecule has 0 unspecified atom stereocenters. The van der Waals surface area contributed by atoms with Crippen LogP contribution >= 0.6 is 11.8 Å². The molecule has 1 heterocycles. The van der Waals surface area contributed by atoms with Gasteiger partial charge in [0.15, 0.2) is 0 Å². The molecule has 0 N–H and O–H groups in total. The summed E-state index contributed by atoms with van der Waals surface area (Å²) in [5.74, 6) is 0.641. The molecular formula is C18H24N2OS. The molecule has 2 aromatic rings. The molecular weight excluding hydrogens is 292 g/mol. The van der Waals surface area contributed by atoms with Crippen LogP contribution in [0.15, 0.2) is 29.3 Å². The van der Waals surface area contributed by atoms with Gasteiger partial charge >= 0.3 is 0 Å². The van der Waals surface area contributed by atoms with Gasteiger partial charge in [0.1, 0.15) is 5.03 Å². The van der Waals surface area contributed by atoms with Gasteiger partial charge in [-0.25, -0.2) is 4.98 Å². The Hall–Kier alpha value is -1.55. The van der Waals surface area contributed by atoms with Gasteiger partial charge in [-0.2, -0.15) is 0 Å². The quantitative estimate of drug-likeness (QED) is 0.753. The number of thioether (sulfide) groups is 1. The van der Waals surface area contributed by atoms with Crippen LogP contribution in [-0.2, 0) is 11.2 Å². The van der Waals surface area contributed by atoms with E-state index in [0.717, 1.165) is 30.1 Å². The van der Waals surface area contributed by atoms with E-state index in [9.17, 15) is 4.79 Å². The highest BCUT2D eigenvalue weighted by Crippen LogP contribution is 2.26. The standard InChI is InChI=1S/C18H24N2OS/c1-5-14-11-15-9-8-13(4)10-16(15)19-18(14)22-12-17(21)20(6-2)7-3/h8-11H,5-7,12H2,1-4H3. The van der Waals surface area contributed by atoms with Crippen LogP contribution in [0.5, 0.6) is 0 Å². The van der Waals surface area contributed by atoms with E-state index < -0.39 is 0 Å². The molecule has 22 heavy (non-hydrogen) atoms. The smallest absolute Gasteiger partial charge is 0.232 e. The van der Waals surface area contributed by atoms with Crippen LogP contribution in [0, 0.1) is 6.92 Å². The number of benzene rings is 1. The van der Waals surface area contributed by atoms with Crippen LogP contribution in [0.1, 0.15) is 31.9 Å². The second-order valence-electron chi connectivity index (χ2n) is 5.36. The second-order valence-corrected chi connectivity index (χ2v) is 6.32. The number of nitrogens with zero attached hydrogens (tertiary/aromatic N) is 2. The molecule has 0 aliphatic carbocycles. The van der Waals surface area contributed by atoms with Crippen molar-refractivity contribution in [2.45, 2.75) is 39.1 Å². The molecule has 3 nitrogen and oxygen atoms in total. The number of aromatic nitrogens is 1. The van der Waals surface area contributed by atoms with Crippen molar-refractivity contribution in [3.63, 3.8) is 0 Å². The monoisotopic (exact) mass is 316 g/mol. The van der Waals surface area contributed by atoms with Crippen LogP contribution in [0.25, 0.3) is 10.9 Å². The maximum absolute atomic E-state index is 12.2. The van der Waals surface area contributed by atoms with Crippen LogP contribution in [0.4, 0.5) is 0 Å². The maximum Gasteiger partial charge on any atom is 0.232 e. The summed E-state index contributed by atoms with van der Waals surface area (Å²) in [6.07, 6.45) is 0.929. The van der Waals surface area contributed by atoms with Gasteiger partial charge in [-0.3, -0.25) is 4.79 Å². The first-order chi connectivity index (χ1) is 10.6. The van der Waals surface area contributed by atoms with Gasteiger partial charge in [0.05, 0.1) is 11.3 Å². The molecule has 1 amide bonds. The summed E-state index contributed by atoms with van der Waals surface area (Å²) in [5, 5.41) is 2.16. The topological polar surface area (TPSA) is 33.2 Å². The minimum atomic E-state index is 0.184. The highest BCUT2D eigenvalue weighted by atomic mass is 32.2. The van der Waals surface area contributed by atoms with Crippen molar-refractivity contribution in [1.29, 1.82) is 0 Å². The summed E-state index contributed by atoms with van der Waals surface area (Å²) in [6, 6.07) is 8.53. The molecule has 0 bridgehead atoms. The number of pyridine rings is 1. The number of hydrogen-bond donors (Lipinski definition) is 0. The molecule has 0 aliphatic rings. The van der Waals surface area contributed by atoms with E-state index in [1.54, 1.807) is 11.8 Å². The molecule has 0 saturated carbocycles. The van der Waals surface area contributed by atoms with Crippen molar-refractivity contribution in [1.82, 2.24) is 9.88 Å². The first-order valence-electron chi connectivity index (χ1n) is 7.89. The molecule has 0 fully saturated rings. The van der Waals surface area contributed by atoms with Crippen LogP contribution in [-0.4, -0.2) is 34.6 Å². The summed E-state index contributed by atoms with van der Waals surface area (Å²) < 4.78 is 0. The fourth-order valence-electron chi connectivity index (χ4n) is 2.48. The Morgan fingerprint density at radius 1 is 1.18 bits per heavy atom. The molecule has 4 heteroatoms. The molecule has 0 spiro atoms. The third kappa shape index (κ3) is 3.80. The lowest BCUT2D eigenvalue weighted by Crippen LogP contribution is -2.31. The lowest BCUT2D eigenvalue weighted by molar-refractivity contribution is -0.127. The van der Waals surface area contributed by atoms with Gasteiger partial charge in [-0.15, -0.1) is 0 Å². The molecule has 2 rings (SSSR count). The molecule has 0 aliphatic heterocycles. The summed E-state index contributed by atoms with van der Waals surface area (Å²) >= 11 is 1.56. The average Bonchev–Trinajstić information content (AvgIpc) is 2.53. The zero-order chi connectivity index (χ0) is 16.1.